The van der Waals surface area contributed by atoms with Crippen molar-refractivity contribution in [3.8, 4) is 11.8 Å². The summed E-state index contributed by atoms with van der Waals surface area (Å²) >= 11 is 12.5. The number of ether oxygens (including phenoxy) is 2. The molecule has 0 spiro atoms. The van der Waals surface area contributed by atoms with Crippen LogP contribution >= 0.6 is 23.2 Å². The van der Waals surface area contributed by atoms with Gasteiger partial charge in [0, 0.05) is 23.3 Å². The lowest BCUT2D eigenvalue weighted by Gasteiger charge is -2.37. The summed E-state index contributed by atoms with van der Waals surface area (Å²) in [5, 5.41) is 13.5. The summed E-state index contributed by atoms with van der Waals surface area (Å²) in [5.74, 6) is 0.745. The van der Waals surface area contributed by atoms with Crippen LogP contribution in [0, 0.1) is 17.2 Å². The van der Waals surface area contributed by atoms with Gasteiger partial charge in [0.1, 0.15) is 11.8 Å². The molecule has 1 aliphatic heterocycles. The Morgan fingerprint density at radius 2 is 1.97 bits per heavy atom. The van der Waals surface area contributed by atoms with E-state index in [9.17, 15) is 10.1 Å². The summed E-state index contributed by atoms with van der Waals surface area (Å²) < 4.78 is 11.2. The SMILES string of the molecule is CC(C)COc1ccc(NC(=O)C2(c3ccc(Cl)cc3Cl)CCOCC2)c(C#N)c1. The summed E-state index contributed by atoms with van der Waals surface area (Å²) in [5.41, 5.74) is 0.633. The number of nitriles is 1. The first-order valence-corrected chi connectivity index (χ1v) is 10.6. The molecule has 0 saturated carbocycles. The topological polar surface area (TPSA) is 71.3 Å². The second-order valence-corrected chi connectivity index (χ2v) is 8.64. The van der Waals surface area contributed by atoms with Crippen LogP contribution < -0.4 is 10.1 Å². The third kappa shape index (κ3) is 4.89. The number of rotatable bonds is 6. The first kappa shape index (κ1) is 22.4. The zero-order valence-corrected chi connectivity index (χ0v) is 18.5. The van der Waals surface area contributed by atoms with Gasteiger partial charge in [0.25, 0.3) is 0 Å². The van der Waals surface area contributed by atoms with Crippen LogP contribution in [0.4, 0.5) is 5.69 Å². The smallest absolute Gasteiger partial charge is 0.235 e. The van der Waals surface area contributed by atoms with Gasteiger partial charge in [0.05, 0.1) is 23.3 Å². The molecule has 1 aliphatic rings. The molecule has 1 amide bonds. The molecule has 5 nitrogen and oxygen atoms in total. The van der Waals surface area contributed by atoms with Crippen LogP contribution in [-0.2, 0) is 14.9 Å². The van der Waals surface area contributed by atoms with Crippen molar-refractivity contribution in [1.29, 1.82) is 5.26 Å². The Morgan fingerprint density at radius 3 is 2.60 bits per heavy atom. The Labute approximate surface area is 186 Å². The quantitative estimate of drug-likeness (QED) is 0.627. The summed E-state index contributed by atoms with van der Waals surface area (Å²) in [6.45, 7) is 5.54. The second kappa shape index (κ2) is 9.70. The highest BCUT2D eigenvalue weighted by Gasteiger charge is 2.43. The third-order valence-corrected chi connectivity index (χ3v) is 5.72. The van der Waals surface area contributed by atoms with Crippen molar-refractivity contribution < 1.29 is 14.3 Å². The molecular formula is C23H24Cl2N2O3. The van der Waals surface area contributed by atoms with Crippen LogP contribution in [-0.4, -0.2) is 25.7 Å². The van der Waals surface area contributed by atoms with Gasteiger partial charge in [0.15, 0.2) is 0 Å². The molecule has 1 heterocycles. The van der Waals surface area contributed by atoms with Crippen LogP contribution in [0.2, 0.25) is 10.0 Å². The van der Waals surface area contributed by atoms with Crippen molar-refractivity contribution in [2.45, 2.75) is 32.1 Å². The maximum atomic E-state index is 13.5. The first-order valence-electron chi connectivity index (χ1n) is 9.87. The van der Waals surface area contributed by atoms with Gasteiger partial charge < -0.3 is 14.8 Å². The number of carbonyl (C=O) groups is 1. The lowest BCUT2D eigenvalue weighted by atomic mass is 9.73. The minimum absolute atomic E-state index is 0.220. The van der Waals surface area contributed by atoms with E-state index in [1.807, 2.05) is 0 Å². The monoisotopic (exact) mass is 446 g/mol. The van der Waals surface area contributed by atoms with Gasteiger partial charge in [-0.05, 0) is 54.7 Å². The Kier molecular flexibility index (Phi) is 7.25. The number of carbonyl (C=O) groups excluding carboxylic acids is 1. The van der Waals surface area contributed by atoms with Gasteiger partial charge in [-0.15, -0.1) is 0 Å². The fraction of sp³-hybridized carbons (Fsp3) is 0.391. The standard InChI is InChI=1S/C23H24Cl2N2O3/c1-15(2)14-30-18-4-6-21(16(11-18)13-26)27-22(28)23(7-9-29-10-8-23)19-5-3-17(24)12-20(19)25/h3-6,11-12,15H,7-10,14H2,1-2H3,(H,27,28). The zero-order valence-electron chi connectivity index (χ0n) is 17.0. The molecule has 1 fully saturated rings. The maximum Gasteiger partial charge on any atom is 0.235 e. The van der Waals surface area contributed by atoms with E-state index in [0.717, 1.165) is 0 Å². The molecule has 0 bridgehead atoms. The number of benzene rings is 2. The fourth-order valence-corrected chi connectivity index (χ4v) is 4.13. The third-order valence-electron chi connectivity index (χ3n) is 5.17. The second-order valence-electron chi connectivity index (χ2n) is 7.80. The molecule has 0 unspecified atom stereocenters. The number of amides is 1. The van der Waals surface area contributed by atoms with Gasteiger partial charge in [-0.2, -0.15) is 5.26 Å². The largest absolute Gasteiger partial charge is 0.493 e. The maximum absolute atomic E-state index is 13.5. The molecular weight excluding hydrogens is 423 g/mol. The highest BCUT2D eigenvalue weighted by atomic mass is 35.5. The zero-order chi connectivity index (χ0) is 21.7. The number of anilines is 1. The Hall–Kier alpha value is -2.26. The molecule has 3 rings (SSSR count). The van der Waals surface area contributed by atoms with E-state index in [1.165, 1.54) is 0 Å². The van der Waals surface area contributed by atoms with Crippen LogP contribution in [0.5, 0.6) is 5.75 Å². The summed E-state index contributed by atoms with van der Waals surface area (Å²) in [4.78, 5) is 13.5. The number of hydrogen-bond donors (Lipinski definition) is 1. The van der Waals surface area contributed by atoms with Crippen LogP contribution in [0.25, 0.3) is 0 Å². The highest BCUT2D eigenvalue weighted by molar-refractivity contribution is 6.35. The number of halogens is 2. The molecule has 30 heavy (non-hydrogen) atoms. The van der Waals surface area contributed by atoms with Crippen molar-refractivity contribution in [2.75, 3.05) is 25.1 Å². The van der Waals surface area contributed by atoms with Crippen LogP contribution in [0.15, 0.2) is 36.4 Å². The molecule has 0 aliphatic carbocycles. The minimum Gasteiger partial charge on any atom is -0.493 e. The van der Waals surface area contributed by atoms with Crippen molar-refractivity contribution in [3.05, 3.63) is 57.6 Å². The van der Waals surface area contributed by atoms with E-state index in [0.29, 0.717) is 71.2 Å². The van der Waals surface area contributed by atoms with Gasteiger partial charge in [-0.3, -0.25) is 4.79 Å². The van der Waals surface area contributed by atoms with Crippen molar-refractivity contribution >= 4 is 34.8 Å². The normalized spacial score (nSPS) is 15.5. The van der Waals surface area contributed by atoms with E-state index < -0.39 is 5.41 Å². The van der Waals surface area contributed by atoms with Gasteiger partial charge in [-0.25, -0.2) is 0 Å². The van der Waals surface area contributed by atoms with Crippen LogP contribution in [0.3, 0.4) is 0 Å². The van der Waals surface area contributed by atoms with E-state index in [1.54, 1.807) is 36.4 Å². The number of nitrogens with one attached hydrogen (secondary N) is 1. The molecule has 0 aromatic heterocycles. The van der Waals surface area contributed by atoms with Gasteiger partial charge >= 0.3 is 0 Å². The molecule has 1 N–H and O–H groups in total. The Balaban J connectivity index is 1.90. The highest BCUT2D eigenvalue weighted by Crippen LogP contribution is 2.41. The Morgan fingerprint density at radius 1 is 1.23 bits per heavy atom. The predicted octanol–water partition coefficient (Wildman–Crippen LogP) is 5.59. The molecule has 1 saturated heterocycles. The first-order chi connectivity index (χ1) is 14.4. The van der Waals surface area contributed by atoms with Crippen molar-refractivity contribution in [3.63, 3.8) is 0 Å². The Bertz CT molecular complexity index is 963. The average molecular weight is 447 g/mol. The molecule has 158 valence electrons. The summed E-state index contributed by atoms with van der Waals surface area (Å²) in [6, 6.07) is 12.4. The fourth-order valence-electron chi connectivity index (χ4n) is 3.54. The van der Waals surface area contributed by atoms with E-state index in [-0.39, 0.29) is 5.91 Å². The lowest BCUT2D eigenvalue weighted by molar-refractivity contribution is -0.125. The minimum atomic E-state index is -0.862. The van der Waals surface area contributed by atoms with Crippen LogP contribution in [0.1, 0.15) is 37.8 Å². The molecule has 0 radical (unpaired) electrons. The molecule has 2 aromatic carbocycles. The van der Waals surface area contributed by atoms with Crippen molar-refractivity contribution in [1.82, 2.24) is 0 Å². The number of hydrogen-bond acceptors (Lipinski definition) is 4. The predicted molar refractivity (Wildman–Crippen MR) is 118 cm³/mol. The molecule has 2 aromatic rings. The molecule has 7 heteroatoms. The van der Waals surface area contributed by atoms with Gasteiger partial charge in [-0.1, -0.05) is 43.1 Å². The molecule has 0 atom stereocenters. The lowest BCUT2D eigenvalue weighted by Crippen LogP contribution is -2.45. The van der Waals surface area contributed by atoms with E-state index >= 15 is 0 Å². The van der Waals surface area contributed by atoms with Gasteiger partial charge in [0.2, 0.25) is 5.91 Å². The summed E-state index contributed by atoms with van der Waals surface area (Å²) in [7, 11) is 0. The average Bonchev–Trinajstić information content (AvgIpc) is 2.73. The summed E-state index contributed by atoms with van der Waals surface area (Å²) in [6.07, 6.45) is 0.968. The number of nitrogens with zero attached hydrogens (tertiary/aromatic N) is 1. The van der Waals surface area contributed by atoms with E-state index in [2.05, 4.69) is 25.2 Å². The van der Waals surface area contributed by atoms with E-state index in [4.69, 9.17) is 32.7 Å². The van der Waals surface area contributed by atoms with Crippen molar-refractivity contribution in [2.24, 2.45) is 5.92 Å².